The number of H-pyrrole nitrogens is 1. The zero-order chi connectivity index (χ0) is 21.0. The number of esters is 2. The van der Waals surface area contributed by atoms with E-state index in [-0.39, 0.29) is 23.2 Å². The van der Waals surface area contributed by atoms with Crippen molar-refractivity contribution >= 4 is 35.3 Å². The summed E-state index contributed by atoms with van der Waals surface area (Å²) < 4.78 is 10.4. The smallest absolute Gasteiger partial charge is 0.355 e. The molecule has 2 N–H and O–H groups in total. The summed E-state index contributed by atoms with van der Waals surface area (Å²) in [5.74, 6) is -1.55. The van der Waals surface area contributed by atoms with Gasteiger partial charge in [-0.3, -0.25) is 4.79 Å². The van der Waals surface area contributed by atoms with Crippen molar-refractivity contribution in [1.82, 2.24) is 9.97 Å². The molecule has 0 saturated carbocycles. The van der Waals surface area contributed by atoms with Crippen molar-refractivity contribution in [3.63, 3.8) is 0 Å². The highest BCUT2D eigenvalue weighted by molar-refractivity contribution is 6.30. The van der Waals surface area contributed by atoms with Crippen LogP contribution in [0, 0.1) is 13.8 Å². The monoisotopic (exact) mass is 407 g/mol. The molecule has 0 aromatic carbocycles. The van der Waals surface area contributed by atoms with Crippen LogP contribution in [0.5, 0.6) is 0 Å². The van der Waals surface area contributed by atoms with Gasteiger partial charge in [-0.25, -0.2) is 14.6 Å². The molecule has 0 bridgehead atoms. The molecule has 0 aliphatic carbocycles. The minimum atomic E-state index is -1.08. The summed E-state index contributed by atoms with van der Waals surface area (Å²) in [5, 5.41) is 2.96. The standard InChI is InChI=1S/C19H22ClN3O5/c1-9(2)27-18(25)15-10(3)16(22-11(15)4)19(26)28-12(5)17(24)23-14-7-6-13(20)8-21-14/h6-9,12,22H,1-5H3,(H,21,23,24)/t12-/m1/s1. The van der Waals surface area contributed by atoms with Crippen LogP contribution in [0.25, 0.3) is 0 Å². The van der Waals surface area contributed by atoms with Crippen molar-refractivity contribution in [2.24, 2.45) is 0 Å². The molecule has 28 heavy (non-hydrogen) atoms. The molecule has 0 spiro atoms. The maximum Gasteiger partial charge on any atom is 0.355 e. The van der Waals surface area contributed by atoms with E-state index in [9.17, 15) is 14.4 Å². The van der Waals surface area contributed by atoms with Gasteiger partial charge in [-0.05, 0) is 52.3 Å². The molecule has 9 heteroatoms. The van der Waals surface area contributed by atoms with Crippen molar-refractivity contribution in [2.45, 2.75) is 46.8 Å². The Balaban J connectivity index is 2.08. The van der Waals surface area contributed by atoms with Crippen LogP contribution in [0.1, 0.15) is 52.9 Å². The average Bonchev–Trinajstić information content (AvgIpc) is 2.90. The number of carbonyl (C=O) groups excluding carboxylic acids is 3. The van der Waals surface area contributed by atoms with Crippen LogP contribution in [0.3, 0.4) is 0 Å². The molecule has 0 unspecified atom stereocenters. The number of nitrogens with one attached hydrogen (secondary N) is 2. The largest absolute Gasteiger partial charge is 0.459 e. The molecule has 1 atom stereocenters. The normalized spacial score (nSPS) is 11.8. The maximum atomic E-state index is 12.5. The third-order valence-corrected chi connectivity index (χ3v) is 4.04. The van der Waals surface area contributed by atoms with Gasteiger partial charge in [0.25, 0.3) is 5.91 Å². The first-order chi connectivity index (χ1) is 13.1. The molecule has 1 amide bonds. The number of hydrogen-bond donors (Lipinski definition) is 2. The molecule has 0 aliphatic rings. The second-order valence-corrected chi connectivity index (χ2v) is 6.91. The van der Waals surface area contributed by atoms with E-state index in [0.29, 0.717) is 16.3 Å². The average molecular weight is 408 g/mol. The zero-order valence-electron chi connectivity index (χ0n) is 16.3. The molecule has 2 heterocycles. The molecular weight excluding hydrogens is 386 g/mol. The lowest BCUT2D eigenvalue weighted by atomic mass is 10.1. The fourth-order valence-electron chi connectivity index (χ4n) is 2.48. The zero-order valence-corrected chi connectivity index (χ0v) is 17.0. The van der Waals surface area contributed by atoms with Gasteiger partial charge in [0.15, 0.2) is 6.10 Å². The Morgan fingerprint density at radius 2 is 1.79 bits per heavy atom. The van der Waals surface area contributed by atoms with Crippen molar-refractivity contribution in [3.8, 4) is 0 Å². The van der Waals surface area contributed by atoms with Gasteiger partial charge in [0.05, 0.1) is 16.7 Å². The van der Waals surface area contributed by atoms with Crippen LogP contribution in [-0.2, 0) is 14.3 Å². The molecule has 0 radical (unpaired) electrons. The predicted molar refractivity (Wildman–Crippen MR) is 104 cm³/mol. The summed E-state index contributed by atoms with van der Waals surface area (Å²) in [6.07, 6.45) is 0.0114. The summed E-state index contributed by atoms with van der Waals surface area (Å²) in [6.45, 7) is 8.17. The van der Waals surface area contributed by atoms with Crippen LogP contribution in [0.15, 0.2) is 18.3 Å². The molecule has 0 aliphatic heterocycles. The molecule has 8 nitrogen and oxygen atoms in total. The molecule has 2 aromatic heterocycles. The Bertz CT molecular complexity index is 890. The number of aromatic amines is 1. The van der Waals surface area contributed by atoms with E-state index in [4.69, 9.17) is 21.1 Å². The Morgan fingerprint density at radius 3 is 2.36 bits per heavy atom. The van der Waals surface area contributed by atoms with Crippen molar-refractivity contribution in [2.75, 3.05) is 5.32 Å². The second-order valence-electron chi connectivity index (χ2n) is 6.48. The lowest BCUT2D eigenvalue weighted by Gasteiger charge is -2.13. The van der Waals surface area contributed by atoms with Crippen LogP contribution in [-0.4, -0.2) is 40.0 Å². The van der Waals surface area contributed by atoms with Crippen molar-refractivity contribution < 1.29 is 23.9 Å². The van der Waals surface area contributed by atoms with Gasteiger partial charge < -0.3 is 19.8 Å². The topological polar surface area (TPSA) is 110 Å². The van der Waals surface area contributed by atoms with Crippen LogP contribution in [0.4, 0.5) is 5.82 Å². The van der Waals surface area contributed by atoms with Gasteiger partial charge in [-0.2, -0.15) is 0 Å². The minimum absolute atomic E-state index is 0.0949. The Kier molecular flexibility index (Phi) is 6.80. The quantitative estimate of drug-likeness (QED) is 0.710. The number of rotatable bonds is 6. The van der Waals surface area contributed by atoms with E-state index in [0.717, 1.165) is 0 Å². The summed E-state index contributed by atoms with van der Waals surface area (Å²) in [5.41, 5.74) is 1.26. The van der Waals surface area contributed by atoms with Gasteiger partial charge in [-0.15, -0.1) is 0 Å². The molecule has 2 rings (SSSR count). The highest BCUT2D eigenvalue weighted by Crippen LogP contribution is 2.21. The first-order valence-electron chi connectivity index (χ1n) is 8.63. The van der Waals surface area contributed by atoms with Gasteiger partial charge >= 0.3 is 11.9 Å². The molecule has 2 aromatic rings. The van der Waals surface area contributed by atoms with Gasteiger partial charge in [-0.1, -0.05) is 11.6 Å². The molecular formula is C19H22ClN3O5. The Hall–Kier alpha value is -2.87. The van der Waals surface area contributed by atoms with Crippen molar-refractivity contribution in [3.05, 3.63) is 45.9 Å². The number of aryl methyl sites for hydroxylation is 1. The van der Waals surface area contributed by atoms with Gasteiger partial charge in [0.2, 0.25) is 0 Å². The Morgan fingerprint density at radius 1 is 1.11 bits per heavy atom. The fourth-order valence-corrected chi connectivity index (χ4v) is 2.60. The highest BCUT2D eigenvalue weighted by atomic mass is 35.5. The lowest BCUT2D eigenvalue weighted by Crippen LogP contribution is -2.30. The number of nitrogens with zero attached hydrogens (tertiary/aromatic N) is 1. The second kappa shape index (κ2) is 8.88. The predicted octanol–water partition coefficient (Wildman–Crippen LogP) is 3.43. The first kappa shape index (κ1) is 21.4. The molecule has 0 fully saturated rings. The lowest BCUT2D eigenvalue weighted by molar-refractivity contribution is -0.123. The number of hydrogen-bond acceptors (Lipinski definition) is 6. The minimum Gasteiger partial charge on any atom is -0.459 e. The summed E-state index contributed by atoms with van der Waals surface area (Å²) >= 11 is 5.75. The van der Waals surface area contributed by atoms with Crippen LogP contribution in [0.2, 0.25) is 5.02 Å². The van der Waals surface area contributed by atoms with Crippen LogP contribution < -0.4 is 5.32 Å². The van der Waals surface area contributed by atoms with E-state index in [1.165, 1.54) is 19.2 Å². The number of carbonyl (C=O) groups is 3. The SMILES string of the molecule is Cc1[nH]c(C(=O)O[C@H](C)C(=O)Nc2ccc(Cl)cn2)c(C)c1C(=O)OC(C)C. The van der Waals surface area contributed by atoms with Crippen molar-refractivity contribution in [1.29, 1.82) is 0 Å². The molecule has 150 valence electrons. The summed E-state index contributed by atoms with van der Waals surface area (Å²) in [7, 11) is 0. The van der Waals surface area contributed by atoms with Gasteiger partial charge in [0, 0.05) is 11.9 Å². The van der Waals surface area contributed by atoms with E-state index in [2.05, 4.69) is 15.3 Å². The number of anilines is 1. The van der Waals surface area contributed by atoms with Gasteiger partial charge in [0.1, 0.15) is 11.5 Å². The number of amides is 1. The first-order valence-corrected chi connectivity index (χ1v) is 9.01. The third-order valence-electron chi connectivity index (χ3n) is 3.82. The number of halogens is 1. The van der Waals surface area contributed by atoms with E-state index < -0.39 is 23.9 Å². The fraction of sp³-hybridized carbons (Fsp3) is 0.368. The number of pyridine rings is 1. The maximum absolute atomic E-state index is 12.5. The summed E-state index contributed by atoms with van der Waals surface area (Å²) in [4.78, 5) is 43.7. The third kappa shape index (κ3) is 5.10. The number of ether oxygens (including phenoxy) is 2. The number of aromatic nitrogens is 2. The van der Waals surface area contributed by atoms with E-state index in [1.54, 1.807) is 33.8 Å². The highest BCUT2D eigenvalue weighted by Gasteiger charge is 2.27. The van der Waals surface area contributed by atoms with E-state index >= 15 is 0 Å². The molecule has 0 saturated heterocycles. The van der Waals surface area contributed by atoms with E-state index in [1.807, 2.05) is 0 Å². The Labute approximate surface area is 167 Å². The van der Waals surface area contributed by atoms with Crippen LogP contribution >= 0.6 is 11.6 Å². The summed E-state index contributed by atoms with van der Waals surface area (Å²) in [6, 6.07) is 3.10.